The lowest BCUT2D eigenvalue weighted by Crippen LogP contribution is -2.03. The molecule has 0 unspecified atom stereocenters. The second-order valence-corrected chi connectivity index (χ2v) is 3.80. The summed E-state index contributed by atoms with van der Waals surface area (Å²) in [5, 5.41) is 10.8. The van der Waals surface area contributed by atoms with Crippen LogP contribution >= 0.6 is 0 Å². The van der Waals surface area contributed by atoms with E-state index in [1.54, 1.807) is 10.9 Å². The molecule has 1 N–H and O–H groups in total. The van der Waals surface area contributed by atoms with Crippen LogP contribution in [-0.2, 0) is 13.5 Å². The van der Waals surface area contributed by atoms with Gasteiger partial charge in [-0.3, -0.25) is 0 Å². The number of rotatable bonds is 4. The highest BCUT2D eigenvalue weighted by Gasteiger charge is 2.09. The molecule has 17 heavy (non-hydrogen) atoms. The third-order valence-electron chi connectivity index (χ3n) is 2.48. The second-order valence-electron chi connectivity index (χ2n) is 3.80. The molecule has 0 radical (unpaired) electrons. The SMILES string of the molecule is CCCc1nc(NC)cc(-c2cnnn2C)n1. The zero-order valence-corrected chi connectivity index (χ0v) is 10.3. The third-order valence-corrected chi connectivity index (χ3v) is 2.48. The molecule has 0 fully saturated rings. The Labute approximate surface area is 100 Å². The summed E-state index contributed by atoms with van der Waals surface area (Å²) in [6, 6.07) is 1.90. The van der Waals surface area contributed by atoms with Crippen LogP contribution in [-0.4, -0.2) is 32.0 Å². The fourth-order valence-corrected chi connectivity index (χ4v) is 1.61. The van der Waals surface area contributed by atoms with Gasteiger partial charge in [0.1, 0.15) is 17.3 Å². The number of nitrogens with one attached hydrogen (secondary N) is 1. The Bertz CT molecular complexity index is 504. The third kappa shape index (κ3) is 2.41. The summed E-state index contributed by atoms with van der Waals surface area (Å²) >= 11 is 0. The van der Waals surface area contributed by atoms with Gasteiger partial charge in [0.2, 0.25) is 0 Å². The highest BCUT2D eigenvalue weighted by Crippen LogP contribution is 2.18. The molecule has 0 atom stereocenters. The summed E-state index contributed by atoms with van der Waals surface area (Å²) in [7, 11) is 3.70. The Morgan fingerprint density at radius 2 is 2.18 bits per heavy atom. The van der Waals surface area contributed by atoms with E-state index in [4.69, 9.17) is 0 Å². The Hall–Kier alpha value is -1.98. The predicted molar refractivity (Wildman–Crippen MR) is 65.6 cm³/mol. The highest BCUT2D eigenvalue weighted by molar-refractivity contribution is 5.57. The number of anilines is 1. The molecular formula is C11H16N6. The lowest BCUT2D eigenvalue weighted by Gasteiger charge is -2.06. The molecule has 0 spiro atoms. The van der Waals surface area contributed by atoms with Crippen molar-refractivity contribution >= 4 is 5.82 Å². The minimum Gasteiger partial charge on any atom is -0.373 e. The lowest BCUT2D eigenvalue weighted by molar-refractivity contribution is 0.718. The molecule has 6 nitrogen and oxygen atoms in total. The standard InChI is InChI=1S/C11H16N6/c1-4-5-10-14-8(6-11(12-2)15-10)9-7-13-16-17(9)3/h6-7H,4-5H2,1-3H3,(H,12,14,15). The summed E-state index contributed by atoms with van der Waals surface area (Å²) in [6.45, 7) is 2.11. The summed E-state index contributed by atoms with van der Waals surface area (Å²) in [6.07, 6.45) is 3.60. The normalized spacial score (nSPS) is 10.5. The van der Waals surface area contributed by atoms with E-state index in [1.807, 2.05) is 20.2 Å². The van der Waals surface area contributed by atoms with E-state index in [0.29, 0.717) is 0 Å². The molecule has 0 bridgehead atoms. The van der Waals surface area contributed by atoms with Crippen LogP contribution in [0, 0.1) is 0 Å². The van der Waals surface area contributed by atoms with E-state index in [2.05, 4.69) is 32.5 Å². The molecule has 0 saturated heterocycles. The summed E-state index contributed by atoms with van der Waals surface area (Å²) < 4.78 is 1.71. The van der Waals surface area contributed by atoms with Gasteiger partial charge in [0.15, 0.2) is 0 Å². The second kappa shape index (κ2) is 4.90. The van der Waals surface area contributed by atoms with Crippen molar-refractivity contribution in [2.45, 2.75) is 19.8 Å². The number of nitrogens with zero attached hydrogens (tertiary/aromatic N) is 5. The van der Waals surface area contributed by atoms with Gasteiger partial charge in [-0.15, -0.1) is 5.10 Å². The maximum Gasteiger partial charge on any atom is 0.131 e. The van der Waals surface area contributed by atoms with Gasteiger partial charge in [-0.2, -0.15) is 0 Å². The summed E-state index contributed by atoms with van der Waals surface area (Å²) in [5.41, 5.74) is 1.74. The van der Waals surface area contributed by atoms with Crippen molar-refractivity contribution in [2.75, 3.05) is 12.4 Å². The van der Waals surface area contributed by atoms with Crippen LogP contribution in [0.4, 0.5) is 5.82 Å². The van der Waals surface area contributed by atoms with Crippen molar-refractivity contribution in [3.63, 3.8) is 0 Å². The van der Waals surface area contributed by atoms with Gasteiger partial charge in [-0.1, -0.05) is 12.1 Å². The molecule has 2 heterocycles. The van der Waals surface area contributed by atoms with Crippen LogP contribution in [0.3, 0.4) is 0 Å². The van der Waals surface area contributed by atoms with Gasteiger partial charge in [0.05, 0.1) is 11.9 Å². The van der Waals surface area contributed by atoms with Gasteiger partial charge in [0, 0.05) is 26.6 Å². The molecule has 2 rings (SSSR count). The van der Waals surface area contributed by atoms with Crippen molar-refractivity contribution in [3.8, 4) is 11.4 Å². The van der Waals surface area contributed by atoms with Crippen molar-refractivity contribution in [2.24, 2.45) is 7.05 Å². The summed E-state index contributed by atoms with van der Waals surface area (Å²) in [5.74, 6) is 1.66. The topological polar surface area (TPSA) is 68.5 Å². The van der Waals surface area contributed by atoms with Crippen molar-refractivity contribution in [1.29, 1.82) is 0 Å². The van der Waals surface area contributed by atoms with Gasteiger partial charge in [-0.05, 0) is 6.42 Å². The first-order valence-electron chi connectivity index (χ1n) is 5.65. The molecule has 0 saturated carbocycles. The zero-order valence-electron chi connectivity index (χ0n) is 10.3. The quantitative estimate of drug-likeness (QED) is 0.859. The zero-order chi connectivity index (χ0) is 12.3. The molecule has 90 valence electrons. The maximum absolute atomic E-state index is 4.52. The molecule has 0 aliphatic rings. The largest absolute Gasteiger partial charge is 0.373 e. The van der Waals surface area contributed by atoms with Crippen LogP contribution in [0.15, 0.2) is 12.3 Å². The van der Waals surface area contributed by atoms with Gasteiger partial charge in [0.25, 0.3) is 0 Å². The van der Waals surface area contributed by atoms with Crippen LogP contribution in [0.1, 0.15) is 19.2 Å². The average molecular weight is 232 g/mol. The lowest BCUT2D eigenvalue weighted by atomic mass is 10.2. The monoisotopic (exact) mass is 232 g/mol. The number of hydrogen-bond donors (Lipinski definition) is 1. The Kier molecular flexibility index (Phi) is 3.32. The highest BCUT2D eigenvalue weighted by atomic mass is 15.4. The number of hydrogen-bond acceptors (Lipinski definition) is 5. The van der Waals surface area contributed by atoms with Crippen LogP contribution in [0.5, 0.6) is 0 Å². The van der Waals surface area contributed by atoms with Crippen LogP contribution in [0.2, 0.25) is 0 Å². The van der Waals surface area contributed by atoms with Gasteiger partial charge >= 0.3 is 0 Å². The van der Waals surface area contributed by atoms with Crippen LogP contribution < -0.4 is 5.32 Å². The molecule has 2 aromatic heterocycles. The Balaban J connectivity index is 2.46. The van der Waals surface area contributed by atoms with E-state index >= 15 is 0 Å². The average Bonchev–Trinajstić information content (AvgIpc) is 2.75. The minimum atomic E-state index is 0.819. The summed E-state index contributed by atoms with van der Waals surface area (Å²) in [4.78, 5) is 8.93. The van der Waals surface area contributed by atoms with E-state index < -0.39 is 0 Å². The number of aryl methyl sites for hydroxylation is 2. The van der Waals surface area contributed by atoms with E-state index in [1.165, 1.54) is 0 Å². The first-order valence-corrected chi connectivity index (χ1v) is 5.65. The van der Waals surface area contributed by atoms with Crippen molar-refractivity contribution in [1.82, 2.24) is 25.0 Å². The first kappa shape index (κ1) is 11.5. The Morgan fingerprint density at radius 1 is 1.35 bits per heavy atom. The van der Waals surface area contributed by atoms with Crippen molar-refractivity contribution in [3.05, 3.63) is 18.1 Å². The van der Waals surface area contributed by atoms with Gasteiger partial charge < -0.3 is 5.32 Å². The van der Waals surface area contributed by atoms with E-state index in [0.717, 1.165) is 35.9 Å². The fraction of sp³-hybridized carbons (Fsp3) is 0.455. The predicted octanol–water partition coefficient (Wildman–Crippen LogP) is 1.27. The number of aromatic nitrogens is 5. The van der Waals surface area contributed by atoms with E-state index in [-0.39, 0.29) is 0 Å². The molecule has 6 heteroatoms. The molecule has 0 aliphatic carbocycles. The molecular weight excluding hydrogens is 216 g/mol. The molecule has 0 aromatic carbocycles. The molecule has 0 aliphatic heterocycles. The smallest absolute Gasteiger partial charge is 0.131 e. The molecule has 2 aromatic rings. The van der Waals surface area contributed by atoms with E-state index in [9.17, 15) is 0 Å². The van der Waals surface area contributed by atoms with Gasteiger partial charge in [-0.25, -0.2) is 14.6 Å². The van der Waals surface area contributed by atoms with Crippen LogP contribution in [0.25, 0.3) is 11.4 Å². The molecule has 0 amide bonds. The minimum absolute atomic E-state index is 0.819. The first-order chi connectivity index (χ1) is 8.24. The Morgan fingerprint density at radius 3 is 2.76 bits per heavy atom. The fourth-order valence-electron chi connectivity index (χ4n) is 1.61. The maximum atomic E-state index is 4.52. The van der Waals surface area contributed by atoms with Crippen molar-refractivity contribution < 1.29 is 0 Å².